The zero-order valence-electron chi connectivity index (χ0n) is 23.7. The van der Waals surface area contributed by atoms with E-state index in [1.54, 1.807) is 0 Å². The molecule has 3 heteroatoms. The van der Waals surface area contributed by atoms with Crippen molar-refractivity contribution in [3.63, 3.8) is 0 Å². The third-order valence-corrected chi connectivity index (χ3v) is 8.93. The summed E-state index contributed by atoms with van der Waals surface area (Å²) in [6.07, 6.45) is 8.64. The number of furan rings is 1. The van der Waals surface area contributed by atoms with Crippen LogP contribution in [0.3, 0.4) is 0 Å². The van der Waals surface area contributed by atoms with Gasteiger partial charge in [-0.05, 0) is 65.6 Å². The van der Waals surface area contributed by atoms with E-state index in [0.29, 0.717) is 11.5 Å². The molecule has 0 N–H and O–H groups in total. The van der Waals surface area contributed by atoms with Crippen LogP contribution in [0, 0.1) is 18.3 Å². The van der Waals surface area contributed by atoms with Crippen LogP contribution >= 0.6 is 0 Å². The first-order valence-corrected chi connectivity index (χ1v) is 14.7. The summed E-state index contributed by atoms with van der Waals surface area (Å²) in [5.74, 6) is 0.646. The Morgan fingerprint density at radius 1 is 0.732 bits per heavy atom. The average molecular weight is 534 g/mol. The number of hydrogen-bond acceptors (Lipinski definition) is 2. The van der Waals surface area contributed by atoms with Crippen LogP contribution in [0.25, 0.3) is 55.4 Å². The fraction of sp³-hybridized carbons (Fsp3) is 0.211. The molecule has 0 aliphatic heterocycles. The minimum atomic E-state index is 0.636. The van der Waals surface area contributed by atoms with Crippen LogP contribution in [0.1, 0.15) is 54.7 Å². The fourth-order valence-corrected chi connectivity index (χ4v) is 6.69. The number of aromatic nitrogens is 1. The highest BCUT2D eigenvalue weighted by molar-refractivity contribution is 6.14. The van der Waals surface area contributed by atoms with Crippen LogP contribution in [0.4, 0.5) is 0 Å². The summed E-state index contributed by atoms with van der Waals surface area (Å²) in [7, 11) is 2.08. The molecule has 0 atom stereocenters. The number of rotatable bonds is 4. The predicted octanol–water partition coefficient (Wildman–Crippen LogP) is 9.64. The minimum absolute atomic E-state index is 0.636. The third-order valence-electron chi connectivity index (χ3n) is 8.93. The highest BCUT2D eigenvalue weighted by atomic mass is 16.3. The molecule has 41 heavy (non-hydrogen) atoms. The summed E-state index contributed by atoms with van der Waals surface area (Å²) in [4.78, 5) is 0. The van der Waals surface area contributed by atoms with E-state index in [1.807, 2.05) is 18.2 Å². The van der Waals surface area contributed by atoms with Gasteiger partial charge < -0.3 is 4.42 Å². The van der Waals surface area contributed by atoms with Crippen molar-refractivity contribution >= 4 is 21.9 Å². The summed E-state index contributed by atoms with van der Waals surface area (Å²) in [5.41, 5.74) is 11.2. The molecule has 0 unspecified atom stereocenters. The highest BCUT2D eigenvalue weighted by Gasteiger charge is 2.24. The SMILES string of the molecule is Cc1ccc2c(oc3c(-c4ccc(C5CCCCC5)cc4)c(C#N)ccc32)c1-c1cc(-c2ccccc2)cc[n+]1C. The summed E-state index contributed by atoms with van der Waals surface area (Å²) in [5, 5.41) is 12.2. The van der Waals surface area contributed by atoms with Crippen molar-refractivity contribution in [2.45, 2.75) is 44.9 Å². The summed E-state index contributed by atoms with van der Waals surface area (Å²) in [6.45, 7) is 2.14. The maximum Gasteiger partial charge on any atom is 0.216 e. The first kappa shape index (κ1) is 25.3. The van der Waals surface area contributed by atoms with Gasteiger partial charge in [-0.3, -0.25) is 0 Å². The first-order valence-electron chi connectivity index (χ1n) is 14.7. The van der Waals surface area contributed by atoms with Crippen molar-refractivity contribution in [1.29, 1.82) is 5.26 Å². The molecule has 0 bridgehead atoms. The monoisotopic (exact) mass is 533 g/mol. The van der Waals surface area contributed by atoms with Crippen LogP contribution < -0.4 is 4.57 Å². The molecule has 1 saturated carbocycles. The van der Waals surface area contributed by atoms with Crippen molar-refractivity contribution in [2.75, 3.05) is 0 Å². The van der Waals surface area contributed by atoms with Crippen LogP contribution in [0.15, 0.2) is 102 Å². The number of pyridine rings is 1. The van der Waals surface area contributed by atoms with Gasteiger partial charge in [-0.15, -0.1) is 0 Å². The van der Waals surface area contributed by atoms with E-state index in [4.69, 9.17) is 4.42 Å². The van der Waals surface area contributed by atoms with Gasteiger partial charge in [0.2, 0.25) is 5.69 Å². The van der Waals surface area contributed by atoms with Gasteiger partial charge in [-0.1, -0.05) is 86.0 Å². The standard InChI is InChI=1S/C38H33N2O/c1-25-13-19-32-33-20-18-31(24-39)36(29-16-14-28(15-17-29)26-9-5-3-6-10-26)38(33)41-37(32)35(25)34-23-30(21-22-40(34)2)27-11-7-4-8-12-27/h4,7-8,11-23,26H,3,5-6,9-10H2,1-2H3/q+1. The Labute approximate surface area is 241 Å². The number of hydrogen-bond donors (Lipinski definition) is 0. The lowest BCUT2D eigenvalue weighted by molar-refractivity contribution is -0.660. The number of fused-ring (bicyclic) bond motifs is 3. The lowest BCUT2D eigenvalue weighted by Crippen LogP contribution is -2.30. The number of aryl methyl sites for hydroxylation is 2. The highest BCUT2D eigenvalue weighted by Crippen LogP contribution is 2.43. The van der Waals surface area contributed by atoms with E-state index >= 15 is 0 Å². The van der Waals surface area contributed by atoms with E-state index in [9.17, 15) is 5.26 Å². The average Bonchev–Trinajstić information content (AvgIpc) is 3.40. The zero-order chi connectivity index (χ0) is 27.9. The molecule has 3 nitrogen and oxygen atoms in total. The second-order valence-corrected chi connectivity index (χ2v) is 11.4. The molecule has 1 aliphatic carbocycles. The van der Waals surface area contributed by atoms with Crippen LogP contribution in [-0.2, 0) is 7.05 Å². The molecule has 7 rings (SSSR count). The van der Waals surface area contributed by atoms with Crippen molar-refractivity contribution in [3.05, 3.63) is 114 Å². The van der Waals surface area contributed by atoms with E-state index in [-0.39, 0.29) is 0 Å². The van der Waals surface area contributed by atoms with Crippen LogP contribution in [0.5, 0.6) is 0 Å². The number of nitrogens with zero attached hydrogens (tertiary/aromatic N) is 2. The molecule has 0 amide bonds. The molecule has 200 valence electrons. The second-order valence-electron chi connectivity index (χ2n) is 11.4. The molecular weight excluding hydrogens is 500 g/mol. The quantitative estimate of drug-likeness (QED) is 0.212. The normalized spacial score (nSPS) is 14.0. The number of benzene rings is 4. The maximum atomic E-state index is 10.1. The Balaban J connectivity index is 1.42. The summed E-state index contributed by atoms with van der Waals surface area (Å²) < 4.78 is 8.99. The second kappa shape index (κ2) is 10.4. The van der Waals surface area contributed by atoms with E-state index < -0.39 is 0 Å². The largest absolute Gasteiger partial charge is 0.454 e. The lowest BCUT2D eigenvalue weighted by Gasteiger charge is -2.22. The van der Waals surface area contributed by atoms with Crippen molar-refractivity contribution in [1.82, 2.24) is 0 Å². The van der Waals surface area contributed by atoms with Gasteiger partial charge in [0.1, 0.15) is 18.2 Å². The fourth-order valence-electron chi connectivity index (χ4n) is 6.69. The van der Waals surface area contributed by atoms with Crippen molar-refractivity contribution in [3.8, 4) is 39.6 Å². The molecule has 0 radical (unpaired) electrons. The van der Waals surface area contributed by atoms with E-state index in [2.05, 4.69) is 104 Å². The molecule has 2 aromatic heterocycles. The predicted molar refractivity (Wildman–Crippen MR) is 166 cm³/mol. The molecule has 1 fully saturated rings. The van der Waals surface area contributed by atoms with Gasteiger partial charge in [0.25, 0.3) is 0 Å². The van der Waals surface area contributed by atoms with Gasteiger partial charge in [0.15, 0.2) is 6.20 Å². The van der Waals surface area contributed by atoms with E-state index in [0.717, 1.165) is 55.4 Å². The van der Waals surface area contributed by atoms with Crippen molar-refractivity contribution in [2.24, 2.45) is 7.05 Å². The van der Waals surface area contributed by atoms with E-state index in [1.165, 1.54) is 43.2 Å². The minimum Gasteiger partial charge on any atom is -0.454 e. The van der Waals surface area contributed by atoms with Crippen molar-refractivity contribution < 1.29 is 8.98 Å². The Bertz CT molecular complexity index is 1940. The van der Waals surface area contributed by atoms with Gasteiger partial charge in [-0.25, -0.2) is 4.57 Å². The molecular formula is C38H33N2O+. The number of nitriles is 1. The third kappa shape index (κ3) is 4.41. The van der Waals surface area contributed by atoms with Gasteiger partial charge in [0.05, 0.1) is 17.2 Å². The van der Waals surface area contributed by atoms with Gasteiger partial charge in [0, 0.05) is 28.5 Å². The molecule has 4 aromatic carbocycles. The smallest absolute Gasteiger partial charge is 0.216 e. The molecule has 0 saturated heterocycles. The maximum absolute atomic E-state index is 10.1. The Kier molecular flexibility index (Phi) is 6.40. The molecule has 1 aliphatic rings. The first-order chi connectivity index (χ1) is 20.1. The topological polar surface area (TPSA) is 40.8 Å². The van der Waals surface area contributed by atoms with Gasteiger partial charge in [-0.2, -0.15) is 5.26 Å². The van der Waals surface area contributed by atoms with Crippen LogP contribution in [0.2, 0.25) is 0 Å². The Morgan fingerprint density at radius 2 is 1.44 bits per heavy atom. The summed E-state index contributed by atoms with van der Waals surface area (Å²) in [6, 6.07) is 34.5. The molecule has 0 spiro atoms. The van der Waals surface area contributed by atoms with Crippen LogP contribution in [-0.4, -0.2) is 0 Å². The molecule has 6 aromatic rings. The zero-order valence-corrected chi connectivity index (χ0v) is 23.7. The molecule has 2 heterocycles. The Hall–Kier alpha value is -4.68. The Morgan fingerprint density at radius 3 is 2.17 bits per heavy atom. The van der Waals surface area contributed by atoms with Gasteiger partial charge >= 0.3 is 0 Å². The lowest BCUT2D eigenvalue weighted by atomic mass is 9.83. The summed E-state index contributed by atoms with van der Waals surface area (Å²) >= 11 is 0.